The second-order valence-corrected chi connectivity index (χ2v) is 3.23. The highest BCUT2D eigenvalue weighted by Crippen LogP contribution is 2.34. The molecule has 0 atom stereocenters. The van der Waals surface area contributed by atoms with E-state index in [1.165, 1.54) is 12.1 Å². The summed E-state index contributed by atoms with van der Waals surface area (Å²) in [6, 6.07) is 2.95. The predicted molar refractivity (Wildman–Crippen MR) is 48.2 cm³/mol. The molecule has 0 fully saturated rings. The van der Waals surface area contributed by atoms with Crippen molar-refractivity contribution in [1.82, 2.24) is 5.48 Å². The van der Waals surface area contributed by atoms with Gasteiger partial charge in [-0.2, -0.15) is 5.48 Å². The van der Waals surface area contributed by atoms with Crippen molar-refractivity contribution < 1.29 is 9.23 Å². The van der Waals surface area contributed by atoms with Gasteiger partial charge in [-0.3, -0.25) is 0 Å². The predicted octanol–water partition coefficient (Wildman–Crippen LogP) is 1.29. The molecular weight excluding hydrogens is 171 g/mol. The van der Waals surface area contributed by atoms with Crippen LogP contribution in [0, 0.1) is 5.82 Å². The Morgan fingerprint density at radius 3 is 2.92 bits per heavy atom. The fraction of sp³-hybridized carbons (Fsp3) is 0.333. The Morgan fingerprint density at radius 2 is 2.23 bits per heavy atom. The van der Waals surface area contributed by atoms with E-state index in [1.54, 1.807) is 0 Å². The third-order valence-corrected chi connectivity index (χ3v) is 2.03. The van der Waals surface area contributed by atoms with Crippen LogP contribution in [0.4, 0.5) is 10.1 Å². The maximum Gasteiger partial charge on any atom is 0.175 e. The zero-order chi connectivity index (χ0) is 9.42. The Labute approximate surface area is 76.1 Å². The van der Waals surface area contributed by atoms with Crippen LogP contribution >= 0.6 is 0 Å². The number of hydrogen-bond donors (Lipinski definition) is 1. The van der Waals surface area contributed by atoms with E-state index >= 15 is 0 Å². The van der Waals surface area contributed by atoms with Crippen molar-refractivity contribution in [3.05, 3.63) is 23.5 Å². The summed E-state index contributed by atoms with van der Waals surface area (Å²) in [5, 5.41) is 0. The summed E-state index contributed by atoms with van der Waals surface area (Å²) in [4.78, 5) is 7.02. The van der Waals surface area contributed by atoms with E-state index in [4.69, 9.17) is 4.84 Å². The molecule has 1 N–H and O–H groups in total. The van der Waals surface area contributed by atoms with Gasteiger partial charge in [0.05, 0.1) is 12.2 Å². The monoisotopic (exact) mass is 182 g/mol. The summed E-state index contributed by atoms with van der Waals surface area (Å²) >= 11 is 0. The Kier molecular flexibility index (Phi) is 1.84. The number of rotatable bonds is 1. The first-order chi connectivity index (χ1) is 6.18. The average Bonchev–Trinajstić information content (AvgIpc) is 2.49. The van der Waals surface area contributed by atoms with Crippen LogP contribution < -0.4 is 15.2 Å². The molecule has 3 nitrogen and oxygen atoms in total. The molecular formula is C9H11FN2O. The van der Waals surface area contributed by atoms with Crippen LogP contribution in [-0.2, 0) is 6.54 Å². The summed E-state index contributed by atoms with van der Waals surface area (Å²) < 4.78 is 13.1. The number of nitrogens with zero attached hydrogens (tertiary/aromatic N) is 1. The number of anilines is 1. The molecule has 4 heteroatoms. The lowest BCUT2D eigenvalue weighted by Gasteiger charge is -2.15. The summed E-state index contributed by atoms with van der Waals surface area (Å²) in [7, 11) is 3.72. The molecule has 0 radical (unpaired) electrons. The van der Waals surface area contributed by atoms with Gasteiger partial charge in [-0.15, -0.1) is 0 Å². The fourth-order valence-electron chi connectivity index (χ4n) is 1.40. The Balaban J connectivity index is 2.55. The second-order valence-electron chi connectivity index (χ2n) is 3.23. The minimum absolute atomic E-state index is 0.227. The molecule has 0 saturated heterocycles. The van der Waals surface area contributed by atoms with E-state index < -0.39 is 0 Å². The van der Waals surface area contributed by atoms with Gasteiger partial charge in [-0.25, -0.2) is 4.39 Å². The first-order valence-corrected chi connectivity index (χ1v) is 4.08. The molecule has 0 aliphatic carbocycles. The summed E-state index contributed by atoms with van der Waals surface area (Å²) in [5.74, 6) is 0.501. The van der Waals surface area contributed by atoms with Crippen LogP contribution in [-0.4, -0.2) is 14.1 Å². The standard InChI is InChI=1S/C9H11FN2O/c1-12(2)8-4-7(10)3-6-5-11-13-9(6)8/h3-4,11H,5H2,1-2H3. The number of fused-ring (bicyclic) bond motifs is 1. The zero-order valence-electron chi connectivity index (χ0n) is 7.60. The first-order valence-electron chi connectivity index (χ1n) is 4.08. The summed E-state index contributed by atoms with van der Waals surface area (Å²) in [6.45, 7) is 0.563. The van der Waals surface area contributed by atoms with Crippen LogP contribution in [0.3, 0.4) is 0 Å². The number of hydrogen-bond acceptors (Lipinski definition) is 3. The van der Waals surface area contributed by atoms with Gasteiger partial charge < -0.3 is 9.74 Å². The fourth-order valence-corrected chi connectivity index (χ4v) is 1.40. The van der Waals surface area contributed by atoms with Gasteiger partial charge in [0.25, 0.3) is 0 Å². The molecule has 1 aromatic rings. The van der Waals surface area contributed by atoms with Gasteiger partial charge in [0.15, 0.2) is 5.75 Å². The Bertz CT molecular complexity index is 339. The molecule has 1 aliphatic rings. The molecule has 2 rings (SSSR count). The van der Waals surface area contributed by atoms with E-state index in [2.05, 4.69) is 5.48 Å². The number of nitrogens with one attached hydrogen (secondary N) is 1. The molecule has 0 amide bonds. The third kappa shape index (κ3) is 1.33. The van der Waals surface area contributed by atoms with Crippen LogP contribution in [0.25, 0.3) is 0 Å². The average molecular weight is 182 g/mol. The van der Waals surface area contributed by atoms with E-state index in [-0.39, 0.29) is 5.82 Å². The molecule has 13 heavy (non-hydrogen) atoms. The van der Waals surface area contributed by atoms with E-state index in [9.17, 15) is 4.39 Å². The van der Waals surface area contributed by atoms with Gasteiger partial charge in [0, 0.05) is 25.7 Å². The van der Waals surface area contributed by atoms with Crippen LogP contribution in [0.1, 0.15) is 5.56 Å². The van der Waals surface area contributed by atoms with Crippen molar-refractivity contribution in [1.29, 1.82) is 0 Å². The number of hydroxylamine groups is 1. The van der Waals surface area contributed by atoms with Gasteiger partial charge in [-0.05, 0) is 6.07 Å². The van der Waals surface area contributed by atoms with Gasteiger partial charge in [-0.1, -0.05) is 0 Å². The van der Waals surface area contributed by atoms with Crippen LogP contribution in [0.15, 0.2) is 12.1 Å². The lowest BCUT2D eigenvalue weighted by Crippen LogP contribution is -2.12. The number of benzene rings is 1. The van der Waals surface area contributed by atoms with E-state index in [0.29, 0.717) is 6.54 Å². The topological polar surface area (TPSA) is 24.5 Å². The molecule has 1 heterocycles. The Morgan fingerprint density at radius 1 is 1.46 bits per heavy atom. The lowest BCUT2D eigenvalue weighted by atomic mass is 10.1. The molecule has 1 aliphatic heterocycles. The molecule has 0 aromatic heterocycles. The quantitative estimate of drug-likeness (QED) is 0.708. The maximum absolute atomic E-state index is 13.1. The molecule has 0 spiro atoms. The van der Waals surface area contributed by atoms with Crippen LogP contribution in [0.2, 0.25) is 0 Å². The van der Waals surface area contributed by atoms with Crippen molar-refractivity contribution in [2.45, 2.75) is 6.54 Å². The normalized spacial score (nSPS) is 13.8. The highest BCUT2D eigenvalue weighted by molar-refractivity contribution is 5.62. The van der Waals surface area contributed by atoms with Crippen molar-refractivity contribution >= 4 is 5.69 Å². The minimum Gasteiger partial charge on any atom is -0.406 e. The smallest absolute Gasteiger partial charge is 0.175 e. The van der Waals surface area contributed by atoms with Gasteiger partial charge in [0.1, 0.15) is 5.82 Å². The molecule has 0 unspecified atom stereocenters. The van der Waals surface area contributed by atoms with Gasteiger partial charge >= 0.3 is 0 Å². The molecule has 70 valence electrons. The third-order valence-electron chi connectivity index (χ3n) is 2.03. The Hall–Kier alpha value is -1.29. The zero-order valence-corrected chi connectivity index (χ0v) is 7.60. The van der Waals surface area contributed by atoms with Crippen molar-refractivity contribution in [2.24, 2.45) is 0 Å². The van der Waals surface area contributed by atoms with Crippen molar-refractivity contribution in [3.8, 4) is 5.75 Å². The highest BCUT2D eigenvalue weighted by Gasteiger charge is 2.19. The SMILES string of the molecule is CN(C)c1cc(F)cc2c1ONC2. The van der Waals surface area contributed by atoms with Crippen molar-refractivity contribution in [2.75, 3.05) is 19.0 Å². The number of halogens is 1. The van der Waals surface area contributed by atoms with Crippen LogP contribution in [0.5, 0.6) is 5.75 Å². The summed E-state index contributed by atoms with van der Waals surface area (Å²) in [6.07, 6.45) is 0. The summed E-state index contributed by atoms with van der Waals surface area (Å²) in [5.41, 5.74) is 4.35. The molecule has 0 bridgehead atoms. The second kappa shape index (κ2) is 2.88. The maximum atomic E-state index is 13.1. The van der Waals surface area contributed by atoms with E-state index in [1.807, 2.05) is 19.0 Å². The molecule has 1 aromatic carbocycles. The highest BCUT2D eigenvalue weighted by atomic mass is 19.1. The first kappa shape index (κ1) is 8.31. The minimum atomic E-state index is -0.227. The molecule has 0 saturated carbocycles. The largest absolute Gasteiger partial charge is 0.406 e. The van der Waals surface area contributed by atoms with Gasteiger partial charge in [0.2, 0.25) is 0 Å². The van der Waals surface area contributed by atoms with E-state index in [0.717, 1.165) is 17.0 Å². The lowest BCUT2D eigenvalue weighted by molar-refractivity contribution is 0.225. The van der Waals surface area contributed by atoms with Crippen molar-refractivity contribution in [3.63, 3.8) is 0 Å².